The highest BCUT2D eigenvalue weighted by molar-refractivity contribution is 5.91. The SMILES string of the molecule is Cc1ccc(NC(=O)NCC2(CO)CC2)c(OCC(F)(F)F)c1. The van der Waals surface area contributed by atoms with E-state index in [0.29, 0.717) is 12.1 Å². The van der Waals surface area contributed by atoms with Crippen LogP contribution in [0.3, 0.4) is 0 Å². The Kier molecular flexibility index (Phi) is 5.03. The molecule has 0 saturated heterocycles. The molecule has 1 saturated carbocycles. The standard InChI is InChI=1S/C15H19F3N2O3/c1-10-2-3-11(12(6-10)23-9-15(16,17)18)20-13(22)19-7-14(8-21)4-5-14/h2-3,6,21H,4-5,7-9H2,1H3,(H2,19,20,22). The second-order valence-corrected chi connectivity index (χ2v) is 5.87. The van der Waals surface area contributed by atoms with Gasteiger partial charge in [-0.15, -0.1) is 0 Å². The number of hydrogen-bond donors (Lipinski definition) is 3. The summed E-state index contributed by atoms with van der Waals surface area (Å²) < 4.78 is 41.6. The summed E-state index contributed by atoms with van der Waals surface area (Å²) >= 11 is 0. The molecule has 0 bridgehead atoms. The molecule has 1 aromatic rings. The monoisotopic (exact) mass is 332 g/mol. The molecule has 1 aromatic carbocycles. The van der Waals surface area contributed by atoms with Gasteiger partial charge in [0.2, 0.25) is 0 Å². The van der Waals surface area contributed by atoms with Crippen LogP contribution < -0.4 is 15.4 Å². The third-order valence-corrected chi connectivity index (χ3v) is 3.69. The van der Waals surface area contributed by atoms with E-state index < -0.39 is 18.8 Å². The Labute approximate surface area is 131 Å². The largest absolute Gasteiger partial charge is 0.482 e. The zero-order valence-electron chi connectivity index (χ0n) is 12.7. The summed E-state index contributed by atoms with van der Waals surface area (Å²) in [5.41, 5.74) is 0.622. The first-order valence-electron chi connectivity index (χ1n) is 7.19. The predicted molar refractivity (Wildman–Crippen MR) is 78.5 cm³/mol. The van der Waals surface area contributed by atoms with Gasteiger partial charge in [0.25, 0.3) is 0 Å². The molecule has 1 aliphatic rings. The smallest absolute Gasteiger partial charge is 0.422 e. The Morgan fingerprint density at radius 2 is 2.09 bits per heavy atom. The van der Waals surface area contributed by atoms with E-state index in [4.69, 9.17) is 4.74 Å². The van der Waals surface area contributed by atoms with Gasteiger partial charge in [-0.2, -0.15) is 13.2 Å². The Hall–Kier alpha value is -1.96. The highest BCUT2D eigenvalue weighted by atomic mass is 19.4. The van der Waals surface area contributed by atoms with Crippen molar-refractivity contribution >= 4 is 11.7 Å². The van der Waals surface area contributed by atoms with Crippen molar-refractivity contribution in [2.75, 3.05) is 25.1 Å². The molecule has 0 radical (unpaired) electrons. The first kappa shape index (κ1) is 17.4. The van der Waals surface area contributed by atoms with Crippen molar-refractivity contribution in [1.29, 1.82) is 0 Å². The van der Waals surface area contributed by atoms with Crippen LogP contribution >= 0.6 is 0 Å². The normalized spacial score (nSPS) is 15.9. The van der Waals surface area contributed by atoms with Gasteiger partial charge < -0.3 is 20.5 Å². The minimum atomic E-state index is -4.46. The quantitative estimate of drug-likeness (QED) is 0.750. The Balaban J connectivity index is 1.96. The molecule has 2 rings (SSSR count). The molecule has 1 aliphatic carbocycles. The third-order valence-electron chi connectivity index (χ3n) is 3.69. The zero-order chi connectivity index (χ0) is 17.1. The molecule has 0 heterocycles. The van der Waals surface area contributed by atoms with Gasteiger partial charge in [0.1, 0.15) is 5.75 Å². The van der Waals surface area contributed by atoms with E-state index in [-0.39, 0.29) is 23.5 Å². The number of nitrogens with one attached hydrogen (secondary N) is 2. The maximum atomic E-state index is 12.3. The number of ether oxygens (including phenoxy) is 1. The number of rotatable bonds is 6. The summed E-state index contributed by atoms with van der Waals surface area (Å²) in [6.45, 7) is 0.598. The van der Waals surface area contributed by atoms with Crippen molar-refractivity contribution in [3.8, 4) is 5.75 Å². The van der Waals surface area contributed by atoms with Crippen LogP contribution in [0.2, 0.25) is 0 Å². The van der Waals surface area contributed by atoms with Crippen LogP contribution in [-0.2, 0) is 0 Å². The maximum absolute atomic E-state index is 12.3. The summed E-state index contributed by atoms with van der Waals surface area (Å²) in [6, 6.07) is 4.02. The number of hydrogen-bond acceptors (Lipinski definition) is 3. The van der Waals surface area contributed by atoms with E-state index in [0.717, 1.165) is 12.8 Å². The second-order valence-electron chi connectivity index (χ2n) is 5.87. The Bertz CT molecular complexity index is 572. The van der Waals surface area contributed by atoms with E-state index in [1.807, 2.05) is 0 Å². The second kappa shape index (κ2) is 6.66. The predicted octanol–water partition coefficient (Wildman–Crippen LogP) is 2.83. The molecule has 2 amide bonds. The minimum Gasteiger partial charge on any atom is -0.482 e. The first-order valence-corrected chi connectivity index (χ1v) is 7.19. The lowest BCUT2D eigenvalue weighted by Crippen LogP contribution is -2.35. The van der Waals surface area contributed by atoms with Crippen molar-refractivity contribution in [3.63, 3.8) is 0 Å². The molecule has 0 spiro atoms. The fourth-order valence-electron chi connectivity index (χ4n) is 2.01. The number of carbonyl (C=O) groups excluding carboxylic acids is 1. The number of alkyl halides is 3. The number of benzene rings is 1. The van der Waals surface area contributed by atoms with E-state index >= 15 is 0 Å². The van der Waals surface area contributed by atoms with Crippen LogP contribution in [0.1, 0.15) is 18.4 Å². The summed E-state index contributed by atoms with van der Waals surface area (Å²) in [4.78, 5) is 11.9. The Morgan fingerprint density at radius 3 is 2.65 bits per heavy atom. The molecule has 5 nitrogen and oxygen atoms in total. The van der Waals surface area contributed by atoms with Crippen molar-refractivity contribution in [3.05, 3.63) is 23.8 Å². The molecule has 0 unspecified atom stereocenters. The molecule has 0 aliphatic heterocycles. The molecule has 0 atom stereocenters. The molecule has 1 fully saturated rings. The molecule has 23 heavy (non-hydrogen) atoms. The van der Waals surface area contributed by atoms with Crippen molar-refractivity contribution in [2.45, 2.75) is 25.9 Å². The van der Waals surface area contributed by atoms with E-state index in [1.54, 1.807) is 13.0 Å². The zero-order valence-corrected chi connectivity index (χ0v) is 12.7. The summed E-state index contributed by atoms with van der Waals surface area (Å²) in [5, 5.41) is 14.3. The van der Waals surface area contributed by atoms with Crippen LogP contribution in [0.5, 0.6) is 5.75 Å². The topological polar surface area (TPSA) is 70.6 Å². The average molecular weight is 332 g/mol. The van der Waals surface area contributed by atoms with E-state index in [2.05, 4.69) is 10.6 Å². The van der Waals surface area contributed by atoms with Crippen molar-refractivity contribution in [1.82, 2.24) is 5.32 Å². The van der Waals surface area contributed by atoms with Crippen molar-refractivity contribution < 1.29 is 27.8 Å². The number of aliphatic hydroxyl groups excluding tert-OH is 1. The summed E-state index contributed by atoms with van der Waals surface area (Å²) in [5.74, 6) is -0.0410. The highest BCUT2D eigenvalue weighted by Gasteiger charge is 2.42. The fourth-order valence-corrected chi connectivity index (χ4v) is 2.01. The van der Waals surface area contributed by atoms with Gasteiger partial charge in [-0.3, -0.25) is 0 Å². The van der Waals surface area contributed by atoms with Gasteiger partial charge in [-0.05, 0) is 37.5 Å². The number of halogens is 3. The molecule has 0 aromatic heterocycles. The molecular formula is C15H19F3N2O3. The lowest BCUT2D eigenvalue weighted by atomic mass is 10.1. The maximum Gasteiger partial charge on any atom is 0.422 e. The average Bonchev–Trinajstić information content (AvgIpc) is 3.25. The molecule has 128 valence electrons. The van der Waals surface area contributed by atoms with Crippen LogP contribution in [-0.4, -0.2) is 37.1 Å². The highest BCUT2D eigenvalue weighted by Crippen LogP contribution is 2.44. The number of aryl methyl sites for hydroxylation is 1. The number of urea groups is 1. The van der Waals surface area contributed by atoms with Crippen LogP contribution in [0.25, 0.3) is 0 Å². The van der Waals surface area contributed by atoms with Gasteiger partial charge in [0.05, 0.1) is 12.3 Å². The van der Waals surface area contributed by atoms with Gasteiger partial charge in [-0.1, -0.05) is 6.07 Å². The summed E-state index contributed by atoms with van der Waals surface area (Å²) in [7, 11) is 0. The molecule has 8 heteroatoms. The van der Waals surface area contributed by atoms with Gasteiger partial charge in [-0.25, -0.2) is 4.79 Å². The third kappa shape index (κ3) is 5.31. The first-order chi connectivity index (χ1) is 10.7. The lowest BCUT2D eigenvalue weighted by Gasteiger charge is -2.16. The van der Waals surface area contributed by atoms with E-state index in [9.17, 15) is 23.1 Å². The minimum absolute atomic E-state index is 0.00223. The van der Waals surface area contributed by atoms with Gasteiger partial charge >= 0.3 is 12.2 Å². The number of aliphatic hydroxyl groups is 1. The van der Waals surface area contributed by atoms with Crippen molar-refractivity contribution in [2.24, 2.45) is 5.41 Å². The molecular weight excluding hydrogens is 313 g/mol. The summed E-state index contributed by atoms with van der Waals surface area (Å²) in [6.07, 6.45) is -2.77. The van der Waals surface area contributed by atoms with Gasteiger partial charge in [0.15, 0.2) is 6.61 Å². The van der Waals surface area contributed by atoms with Gasteiger partial charge in [0, 0.05) is 12.0 Å². The number of anilines is 1. The van der Waals surface area contributed by atoms with Crippen LogP contribution in [0.15, 0.2) is 18.2 Å². The number of carbonyl (C=O) groups is 1. The Morgan fingerprint density at radius 1 is 1.39 bits per heavy atom. The number of amides is 2. The lowest BCUT2D eigenvalue weighted by molar-refractivity contribution is -0.153. The van der Waals surface area contributed by atoms with Crippen LogP contribution in [0.4, 0.5) is 23.7 Å². The fraction of sp³-hybridized carbons (Fsp3) is 0.533. The van der Waals surface area contributed by atoms with Crippen LogP contribution in [0, 0.1) is 12.3 Å². The van der Waals surface area contributed by atoms with E-state index in [1.165, 1.54) is 12.1 Å². The molecule has 3 N–H and O–H groups in total.